The van der Waals surface area contributed by atoms with Gasteiger partial charge in [-0.1, -0.05) is 0 Å². The Balaban J connectivity index is 1.81. The lowest BCUT2D eigenvalue weighted by atomic mass is 10.2. The highest BCUT2D eigenvalue weighted by atomic mass is 15.1. The number of nitrogens with two attached hydrogens (primary N) is 1. The Morgan fingerprint density at radius 2 is 2.10 bits per heavy atom. The monoisotopic (exact) mass is 268 g/mol. The van der Waals surface area contributed by atoms with Crippen molar-refractivity contribution in [2.75, 3.05) is 11.1 Å². The van der Waals surface area contributed by atoms with Crippen LogP contribution in [0.3, 0.4) is 0 Å². The molecule has 102 valence electrons. The average molecular weight is 268 g/mol. The van der Waals surface area contributed by atoms with Crippen LogP contribution in [0, 0.1) is 6.92 Å². The maximum atomic E-state index is 5.63. The van der Waals surface area contributed by atoms with Gasteiger partial charge in [-0.15, -0.1) is 0 Å². The SMILES string of the molecule is Cc1nc2cc(NCc3nccc(N)n3)ccc2n1C. The number of hydrogen-bond acceptors (Lipinski definition) is 5. The summed E-state index contributed by atoms with van der Waals surface area (Å²) < 4.78 is 2.07. The Labute approximate surface area is 116 Å². The Morgan fingerprint density at radius 1 is 1.25 bits per heavy atom. The summed E-state index contributed by atoms with van der Waals surface area (Å²) in [4.78, 5) is 12.8. The van der Waals surface area contributed by atoms with E-state index in [0.29, 0.717) is 18.2 Å². The van der Waals surface area contributed by atoms with E-state index in [0.717, 1.165) is 22.5 Å². The zero-order valence-electron chi connectivity index (χ0n) is 11.5. The van der Waals surface area contributed by atoms with Gasteiger partial charge in [0.05, 0.1) is 17.6 Å². The lowest BCUT2D eigenvalue weighted by molar-refractivity contribution is 0.886. The van der Waals surface area contributed by atoms with E-state index in [1.165, 1.54) is 0 Å². The minimum atomic E-state index is 0.479. The van der Waals surface area contributed by atoms with Crippen LogP contribution in [0.1, 0.15) is 11.6 Å². The highest BCUT2D eigenvalue weighted by molar-refractivity contribution is 5.80. The van der Waals surface area contributed by atoms with Gasteiger partial charge in [0.15, 0.2) is 0 Å². The van der Waals surface area contributed by atoms with Gasteiger partial charge in [-0.05, 0) is 31.2 Å². The first-order valence-electron chi connectivity index (χ1n) is 6.38. The van der Waals surface area contributed by atoms with Crippen molar-refractivity contribution in [2.24, 2.45) is 7.05 Å². The summed E-state index contributed by atoms with van der Waals surface area (Å²) in [6.45, 7) is 2.52. The maximum absolute atomic E-state index is 5.63. The second-order valence-electron chi connectivity index (χ2n) is 4.67. The van der Waals surface area contributed by atoms with Gasteiger partial charge in [0.2, 0.25) is 0 Å². The first-order valence-corrected chi connectivity index (χ1v) is 6.38. The van der Waals surface area contributed by atoms with Crippen molar-refractivity contribution in [1.82, 2.24) is 19.5 Å². The Bertz CT molecular complexity index is 761. The predicted octanol–water partition coefficient (Wildman–Crippen LogP) is 1.87. The third kappa shape index (κ3) is 2.27. The Kier molecular flexibility index (Phi) is 2.98. The first-order chi connectivity index (χ1) is 9.63. The van der Waals surface area contributed by atoms with E-state index in [1.807, 2.05) is 26.1 Å². The van der Waals surface area contributed by atoms with Crippen molar-refractivity contribution < 1.29 is 0 Å². The molecule has 0 unspecified atom stereocenters. The van der Waals surface area contributed by atoms with Crippen LogP contribution in [0.5, 0.6) is 0 Å². The molecular formula is C14H16N6. The van der Waals surface area contributed by atoms with E-state index < -0.39 is 0 Å². The second kappa shape index (κ2) is 4.80. The molecule has 0 saturated heterocycles. The van der Waals surface area contributed by atoms with E-state index >= 15 is 0 Å². The minimum Gasteiger partial charge on any atom is -0.384 e. The molecular weight excluding hydrogens is 252 g/mol. The van der Waals surface area contributed by atoms with E-state index in [1.54, 1.807) is 12.3 Å². The molecule has 0 radical (unpaired) electrons. The summed E-state index contributed by atoms with van der Waals surface area (Å²) in [5.41, 5.74) is 8.71. The molecule has 0 aliphatic heterocycles. The zero-order chi connectivity index (χ0) is 14.1. The van der Waals surface area contributed by atoms with Crippen LogP contribution >= 0.6 is 0 Å². The highest BCUT2D eigenvalue weighted by Crippen LogP contribution is 2.19. The summed E-state index contributed by atoms with van der Waals surface area (Å²) in [7, 11) is 2.01. The van der Waals surface area contributed by atoms with Crippen molar-refractivity contribution in [1.29, 1.82) is 0 Å². The van der Waals surface area contributed by atoms with Gasteiger partial charge >= 0.3 is 0 Å². The number of nitrogen functional groups attached to an aromatic ring is 1. The Hall–Kier alpha value is -2.63. The lowest BCUT2D eigenvalue weighted by Crippen LogP contribution is -2.05. The maximum Gasteiger partial charge on any atom is 0.149 e. The van der Waals surface area contributed by atoms with Gasteiger partial charge in [0, 0.05) is 18.9 Å². The van der Waals surface area contributed by atoms with Crippen LogP contribution in [0.25, 0.3) is 11.0 Å². The van der Waals surface area contributed by atoms with E-state index in [9.17, 15) is 0 Å². The van der Waals surface area contributed by atoms with Gasteiger partial charge in [0.1, 0.15) is 17.5 Å². The fraction of sp³-hybridized carbons (Fsp3) is 0.214. The molecule has 0 atom stereocenters. The van der Waals surface area contributed by atoms with Crippen molar-refractivity contribution in [2.45, 2.75) is 13.5 Å². The van der Waals surface area contributed by atoms with E-state index in [-0.39, 0.29) is 0 Å². The number of rotatable bonds is 3. The fourth-order valence-electron chi connectivity index (χ4n) is 2.11. The highest BCUT2D eigenvalue weighted by Gasteiger charge is 2.05. The minimum absolute atomic E-state index is 0.479. The molecule has 2 aromatic heterocycles. The van der Waals surface area contributed by atoms with Crippen molar-refractivity contribution in [3.8, 4) is 0 Å². The number of aromatic nitrogens is 4. The summed E-state index contributed by atoms with van der Waals surface area (Å²) in [5.74, 6) is 2.14. The summed E-state index contributed by atoms with van der Waals surface area (Å²) in [6, 6.07) is 7.77. The quantitative estimate of drug-likeness (QED) is 0.757. The first kappa shape index (κ1) is 12.4. The smallest absolute Gasteiger partial charge is 0.149 e. The number of nitrogens with zero attached hydrogens (tertiary/aromatic N) is 4. The number of aryl methyl sites for hydroxylation is 2. The van der Waals surface area contributed by atoms with Crippen LogP contribution in [0.2, 0.25) is 0 Å². The molecule has 0 fully saturated rings. The summed E-state index contributed by atoms with van der Waals surface area (Å²) >= 11 is 0. The Morgan fingerprint density at radius 3 is 2.90 bits per heavy atom. The molecule has 3 N–H and O–H groups in total. The van der Waals surface area contributed by atoms with Gasteiger partial charge in [-0.2, -0.15) is 0 Å². The standard InChI is InChI=1S/C14H16N6/c1-9-18-11-7-10(3-4-12(11)20(9)2)17-8-14-16-6-5-13(15)19-14/h3-7,17H,8H2,1-2H3,(H2,15,16,19). The van der Waals surface area contributed by atoms with E-state index in [4.69, 9.17) is 5.73 Å². The largest absolute Gasteiger partial charge is 0.384 e. The van der Waals surface area contributed by atoms with Crippen LogP contribution in [-0.2, 0) is 13.6 Å². The van der Waals surface area contributed by atoms with Crippen LogP contribution < -0.4 is 11.1 Å². The zero-order valence-corrected chi connectivity index (χ0v) is 11.5. The average Bonchev–Trinajstić information content (AvgIpc) is 2.72. The number of nitrogens with one attached hydrogen (secondary N) is 1. The topological polar surface area (TPSA) is 81.7 Å². The molecule has 0 amide bonds. The van der Waals surface area contributed by atoms with Gasteiger partial charge in [-0.25, -0.2) is 15.0 Å². The number of benzene rings is 1. The molecule has 3 rings (SSSR count). The van der Waals surface area contributed by atoms with E-state index in [2.05, 4.69) is 30.9 Å². The number of imidazole rings is 1. The van der Waals surface area contributed by atoms with Crippen LogP contribution in [0.4, 0.5) is 11.5 Å². The van der Waals surface area contributed by atoms with Crippen LogP contribution in [-0.4, -0.2) is 19.5 Å². The van der Waals surface area contributed by atoms with Crippen molar-refractivity contribution in [3.05, 3.63) is 42.1 Å². The molecule has 0 aliphatic carbocycles. The molecule has 20 heavy (non-hydrogen) atoms. The number of hydrogen-bond donors (Lipinski definition) is 2. The van der Waals surface area contributed by atoms with Crippen molar-refractivity contribution >= 4 is 22.5 Å². The lowest BCUT2D eigenvalue weighted by Gasteiger charge is -2.06. The molecule has 3 aromatic rings. The third-order valence-corrected chi connectivity index (χ3v) is 3.28. The van der Waals surface area contributed by atoms with Crippen molar-refractivity contribution in [3.63, 3.8) is 0 Å². The van der Waals surface area contributed by atoms with Gasteiger partial charge < -0.3 is 15.6 Å². The molecule has 0 saturated carbocycles. The van der Waals surface area contributed by atoms with Crippen LogP contribution in [0.15, 0.2) is 30.5 Å². The molecule has 2 heterocycles. The molecule has 0 bridgehead atoms. The van der Waals surface area contributed by atoms with Gasteiger partial charge in [0.25, 0.3) is 0 Å². The normalized spacial score (nSPS) is 10.9. The third-order valence-electron chi connectivity index (χ3n) is 3.28. The molecule has 1 aromatic carbocycles. The molecule has 0 aliphatic rings. The molecule has 6 heteroatoms. The predicted molar refractivity (Wildman–Crippen MR) is 79.2 cm³/mol. The molecule has 6 nitrogen and oxygen atoms in total. The molecule has 0 spiro atoms. The fourth-order valence-corrected chi connectivity index (χ4v) is 2.11. The second-order valence-corrected chi connectivity index (χ2v) is 4.67. The summed E-state index contributed by atoms with van der Waals surface area (Å²) in [6.07, 6.45) is 1.66. The van der Waals surface area contributed by atoms with Gasteiger partial charge in [-0.3, -0.25) is 0 Å². The summed E-state index contributed by atoms with van der Waals surface area (Å²) in [5, 5.41) is 3.28. The number of anilines is 2. The number of fused-ring (bicyclic) bond motifs is 1.